The molecule has 0 atom stereocenters. The van der Waals surface area contributed by atoms with Crippen molar-refractivity contribution >= 4 is 71.4 Å². The minimum atomic E-state index is -0.101. The molecule has 0 heterocycles. The van der Waals surface area contributed by atoms with Crippen LogP contribution in [0.5, 0.6) is 34.5 Å². The molecule has 6 rings (SSSR count). The zero-order valence-electron chi connectivity index (χ0n) is 59.3. The Labute approximate surface area is 657 Å². The van der Waals surface area contributed by atoms with Gasteiger partial charge in [-0.25, -0.2) is 0 Å². The van der Waals surface area contributed by atoms with Crippen LogP contribution < -0.4 is 49.8 Å². The van der Waals surface area contributed by atoms with Gasteiger partial charge in [0, 0.05) is 220 Å². The Hall–Kier alpha value is -6.87. The van der Waals surface area contributed by atoms with E-state index in [-0.39, 0.29) is 195 Å². The van der Waals surface area contributed by atoms with Crippen molar-refractivity contribution < 1.29 is 192 Å². The quantitative estimate of drug-likeness (QED) is 0.0287. The van der Waals surface area contributed by atoms with Crippen molar-refractivity contribution in [2.24, 2.45) is 30.6 Å². The maximum atomic E-state index is 12.2. The van der Waals surface area contributed by atoms with Gasteiger partial charge in [-0.05, 0) is 178 Å². The molecule has 6 aromatic carbocycles. The van der Waals surface area contributed by atoms with E-state index in [1.54, 1.807) is 60.7 Å². The molecule has 14 N–H and O–H groups in total. The number of anilines is 6. The Morgan fingerprint density at radius 2 is 0.373 bits per heavy atom. The maximum absolute atomic E-state index is 12.2. The Kier molecular flexibility index (Phi) is 91.6. The molecule has 586 valence electrons. The van der Waals surface area contributed by atoms with Crippen molar-refractivity contribution in [2.45, 2.75) is 83.1 Å². The van der Waals surface area contributed by atoms with Crippen LogP contribution in [0.1, 0.15) is 116 Å². The third kappa shape index (κ3) is 40.3. The Balaban J connectivity index is -0.0000000787. The van der Waals surface area contributed by atoms with E-state index in [2.05, 4.69) is 143 Å². The van der Waals surface area contributed by atoms with Crippen LogP contribution in [0.3, 0.4) is 0 Å². The Bertz CT molecular complexity index is 2660. The first-order chi connectivity index (χ1) is 40.6. The number of phenolic OH excluding ortho intramolecular Hbond substituents is 2. The van der Waals surface area contributed by atoms with Gasteiger partial charge in [0.15, 0.2) is 0 Å². The van der Waals surface area contributed by atoms with E-state index in [0.29, 0.717) is 33.4 Å². The molecule has 32 nitrogen and oxygen atoms in total. The van der Waals surface area contributed by atoms with Crippen molar-refractivity contribution in [1.29, 1.82) is 0 Å². The number of aromatic hydroxyl groups is 2. The molecule has 0 aliphatic carbocycles. The molecule has 0 spiro atoms. The zero-order chi connectivity index (χ0) is 61.6. The number of hydrogen-bond donors (Lipinski definition) is 2. The van der Waals surface area contributed by atoms with Crippen molar-refractivity contribution in [1.82, 2.24) is 0 Å². The van der Waals surface area contributed by atoms with Gasteiger partial charge in [0.1, 0.15) is 11.5 Å². The van der Waals surface area contributed by atoms with E-state index in [0.717, 1.165) is 113 Å². The smallest absolute Gasteiger partial charge is 0.126 e. The molecule has 102 heavy (non-hydrogen) atoms. The van der Waals surface area contributed by atoms with Crippen molar-refractivity contribution in [3.63, 3.8) is 0 Å². The summed E-state index contributed by atoms with van der Waals surface area (Å²) in [7, 11) is 0. The van der Waals surface area contributed by atoms with Gasteiger partial charge >= 0.3 is 0 Å². The number of hydrogen-bond acceptors (Lipinski definition) is 18. The fourth-order valence-electron chi connectivity index (χ4n) is 9.09. The zero-order valence-corrected chi connectivity index (χ0v) is 67.3. The van der Waals surface area contributed by atoms with Crippen LogP contribution in [-0.4, -0.2) is 126 Å². The molecule has 0 bridgehead atoms. The van der Waals surface area contributed by atoms with E-state index in [9.17, 15) is 30.6 Å². The van der Waals surface area contributed by atoms with E-state index in [4.69, 9.17) is 0 Å². The number of benzene rings is 6. The minimum Gasteiger partial charge on any atom is -2.00 e. The molecule has 0 aromatic heterocycles. The predicted octanol–water partition coefficient (Wildman–Crippen LogP) is 5.32. The minimum absolute atomic E-state index is 0. The summed E-state index contributed by atoms with van der Waals surface area (Å²) in [5, 5.41) is 93.0. The topological polar surface area (TPSA) is 643 Å². The second-order valence-electron chi connectivity index (χ2n) is 18.9. The SMILES string of the molecule is CCN(CC)c1ccc(/C=N/N=C/c2ccc(N(CC)CC)cc2O)c(O)c1.CCN(CC)c1ccc(/C=N/N=C/c2ccc(N(CC)CC)cc2[O-])c([O-])c1.CCN(CC)c1ccc(/C=N/N=C/c2ccc(N(CC)CC)cc2[O-])c([O-])c1.[Mo].[Mo].[Mo].[Mo].[O-2].[O-2].[O-2].[O-2].[O-2].[O-2].[O-2].[O-2].[O-2].[O-2].[OH3+].[OH3+].[OH3+].[OH3+]. The average Bonchev–Trinajstić information content (AvgIpc) is 0.895. The molecule has 0 saturated heterocycles. The van der Waals surface area contributed by atoms with Crippen molar-refractivity contribution in [3.05, 3.63) is 143 Å². The first-order valence-electron chi connectivity index (χ1n) is 29.2. The van der Waals surface area contributed by atoms with Gasteiger partial charge in [-0.2, -0.15) is 30.6 Å². The van der Waals surface area contributed by atoms with Crippen LogP contribution in [-0.2, 0) is 161 Å². The van der Waals surface area contributed by atoms with Gasteiger partial charge in [-0.15, -0.1) is 0 Å². The van der Waals surface area contributed by atoms with Crippen molar-refractivity contribution in [3.8, 4) is 34.5 Å². The molecule has 0 amide bonds. The van der Waals surface area contributed by atoms with E-state index in [1.807, 2.05) is 48.5 Å². The summed E-state index contributed by atoms with van der Waals surface area (Å²) in [4.78, 5) is 12.7. The maximum Gasteiger partial charge on any atom is 0.126 e. The third-order valence-corrected chi connectivity index (χ3v) is 14.2. The predicted molar refractivity (Wildman–Crippen MR) is 373 cm³/mol. The van der Waals surface area contributed by atoms with Gasteiger partial charge in [-0.3, -0.25) is 0 Å². The van der Waals surface area contributed by atoms with Crippen LogP contribution in [0.15, 0.2) is 140 Å². The van der Waals surface area contributed by atoms with E-state index in [1.165, 1.54) is 37.3 Å². The molecule has 0 aliphatic heterocycles. The summed E-state index contributed by atoms with van der Waals surface area (Å²) < 4.78 is 0. The number of nitrogens with zero attached hydrogens (tertiary/aromatic N) is 12. The van der Waals surface area contributed by atoms with Crippen LogP contribution >= 0.6 is 0 Å². The fourth-order valence-corrected chi connectivity index (χ4v) is 9.09. The summed E-state index contributed by atoms with van der Waals surface area (Å²) in [5.74, 6) is -0.0784. The summed E-state index contributed by atoms with van der Waals surface area (Å²) in [5.41, 5.74) is 8.60. The fraction of sp³-hybridized carbons (Fsp3) is 0.364. The molecule has 0 radical (unpaired) electrons. The van der Waals surface area contributed by atoms with Gasteiger partial charge in [0.05, 0.1) is 37.3 Å². The molecule has 0 aliphatic rings. The first-order valence-corrected chi connectivity index (χ1v) is 29.2. The molecule has 36 heteroatoms. The van der Waals surface area contributed by atoms with Crippen LogP contribution in [0.4, 0.5) is 34.1 Å². The molecular formula is C66H98Mo4N12O20-20. The molecule has 0 saturated carbocycles. The first kappa shape index (κ1) is 131. The third-order valence-electron chi connectivity index (χ3n) is 14.2. The number of rotatable bonds is 27. The Morgan fingerprint density at radius 1 is 0.245 bits per heavy atom. The largest absolute Gasteiger partial charge is 2.00 e. The van der Waals surface area contributed by atoms with Crippen LogP contribution in [0, 0.1) is 0 Å². The van der Waals surface area contributed by atoms with Gasteiger partial charge in [-0.1, -0.05) is 47.3 Å². The summed E-state index contributed by atoms with van der Waals surface area (Å²) >= 11 is 0. The van der Waals surface area contributed by atoms with Gasteiger partial charge in [0.25, 0.3) is 0 Å². The average molecular weight is 1760 g/mol. The van der Waals surface area contributed by atoms with Crippen LogP contribution in [0.2, 0.25) is 0 Å². The second kappa shape index (κ2) is 71.1. The van der Waals surface area contributed by atoms with Crippen molar-refractivity contribution in [2.75, 3.05) is 108 Å². The normalized spacial score (nSPS) is 9.41. The summed E-state index contributed by atoms with van der Waals surface area (Å²) in [6.07, 6.45) is 8.66. The van der Waals surface area contributed by atoms with E-state index < -0.39 is 0 Å². The summed E-state index contributed by atoms with van der Waals surface area (Å²) in [6, 6.07) is 32.0. The van der Waals surface area contributed by atoms with Gasteiger partial charge in [0.2, 0.25) is 0 Å². The second-order valence-corrected chi connectivity index (χ2v) is 18.9. The van der Waals surface area contributed by atoms with Gasteiger partial charge < -0.3 is 137 Å². The Morgan fingerprint density at radius 3 is 0.500 bits per heavy atom. The molecule has 6 aromatic rings. The molecule has 0 unspecified atom stereocenters. The number of phenols is 2. The molecular weight excluding hydrogens is 1660 g/mol. The standard InChI is InChI=1S/3C22H30N4O2.4Mo.4H2O.10O/c3*1-5-25(6-2)19-11-9-17(21(27)13-19)15-23-24-16-18-10-12-20(14-22(18)28)26(7-3)8-4;;;;;;;;;;;;;;;;;;/h3*9-16,27-28H,5-8H2,1-4H3;;;;;4*1H2;;;;;;;;;;/q;;;;;;;;;;;10*-2/b3*23-15+,24-16+;;;;;;;;;;;;;;;;;;. The van der Waals surface area contributed by atoms with Crippen LogP contribution in [0.25, 0.3) is 0 Å². The summed E-state index contributed by atoms with van der Waals surface area (Å²) in [6.45, 7) is 35.0. The van der Waals surface area contributed by atoms with E-state index >= 15 is 0 Å². The molecule has 0 fully saturated rings. The monoisotopic (exact) mass is 1770 g/mol.